The Hall–Kier alpha value is -1.70. The van der Waals surface area contributed by atoms with Gasteiger partial charge in [0, 0.05) is 29.7 Å². The van der Waals surface area contributed by atoms with Crippen molar-refractivity contribution in [1.29, 1.82) is 0 Å². The van der Waals surface area contributed by atoms with Crippen molar-refractivity contribution >= 4 is 27.6 Å². The van der Waals surface area contributed by atoms with Crippen LogP contribution in [0.2, 0.25) is 5.02 Å². The topological polar surface area (TPSA) is 89.2 Å². The molecular weight excluding hydrogens is 372 g/mol. The minimum Gasteiger partial charge on any atom is -0.368 e. The Morgan fingerprint density at radius 1 is 1.31 bits per heavy atom. The second-order valence-electron chi connectivity index (χ2n) is 7.19. The standard InChI is InChI=1S/C18H21ClN4O2S/c1-12-14(19)4-2-5-15(12)26(24,25)23-9-3-7-18(11-23)8-6-13-10-21-17(20)22-16(13)18/h2,4-5,10H,3,6-9,11H2,1H3,(H2,20,21,22). The smallest absolute Gasteiger partial charge is 0.243 e. The fourth-order valence-electron chi connectivity index (χ4n) is 4.25. The van der Waals surface area contributed by atoms with E-state index in [-0.39, 0.29) is 16.3 Å². The van der Waals surface area contributed by atoms with E-state index in [2.05, 4.69) is 9.97 Å². The number of aromatic nitrogens is 2. The van der Waals surface area contributed by atoms with E-state index >= 15 is 0 Å². The highest BCUT2D eigenvalue weighted by Crippen LogP contribution is 2.45. The summed E-state index contributed by atoms with van der Waals surface area (Å²) in [7, 11) is -3.62. The van der Waals surface area contributed by atoms with Crippen molar-refractivity contribution in [3.05, 3.63) is 46.2 Å². The molecule has 8 heteroatoms. The number of nitrogen functional groups attached to an aromatic ring is 1. The Kier molecular flexibility index (Phi) is 4.21. The Labute approximate surface area is 158 Å². The summed E-state index contributed by atoms with van der Waals surface area (Å²) in [5.74, 6) is 0.246. The van der Waals surface area contributed by atoms with Crippen LogP contribution in [0.1, 0.15) is 36.1 Å². The van der Waals surface area contributed by atoms with E-state index in [4.69, 9.17) is 17.3 Å². The molecule has 1 saturated heterocycles. The van der Waals surface area contributed by atoms with Gasteiger partial charge in [-0.15, -0.1) is 0 Å². The third-order valence-corrected chi connectivity index (χ3v) is 8.04. The minimum atomic E-state index is -3.62. The van der Waals surface area contributed by atoms with E-state index in [1.54, 1.807) is 35.6 Å². The Bertz CT molecular complexity index is 975. The number of hydrogen-bond donors (Lipinski definition) is 1. The quantitative estimate of drug-likeness (QED) is 0.848. The van der Waals surface area contributed by atoms with E-state index in [0.29, 0.717) is 23.7 Å². The number of hydrogen-bond acceptors (Lipinski definition) is 5. The van der Waals surface area contributed by atoms with Crippen LogP contribution >= 0.6 is 11.6 Å². The number of sulfonamides is 1. The van der Waals surface area contributed by atoms with Crippen molar-refractivity contribution in [3.8, 4) is 0 Å². The first-order chi connectivity index (χ1) is 12.3. The number of aryl methyl sites for hydroxylation is 1. The first kappa shape index (κ1) is 17.7. The van der Waals surface area contributed by atoms with Gasteiger partial charge < -0.3 is 5.73 Å². The predicted molar refractivity (Wildman–Crippen MR) is 101 cm³/mol. The molecule has 4 rings (SSSR count). The highest BCUT2D eigenvalue weighted by Gasteiger charge is 2.46. The molecule has 1 aromatic heterocycles. The van der Waals surface area contributed by atoms with Gasteiger partial charge in [-0.3, -0.25) is 0 Å². The monoisotopic (exact) mass is 392 g/mol. The molecule has 1 spiro atoms. The average molecular weight is 393 g/mol. The van der Waals surface area contributed by atoms with Crippen LogP contribution in [0.25, 0.3) is 0 Å². The van der Waals surface area contributed by atoms with Gasteiger partial charge in [-0.2, -0.15) is 4.31 Å². The van der Waals surface area contributed by atoms with Gasteiger partial charge in [-0.25, -0.2) is 18.4 Å². The molecule has 2 heterocycles. The number of rotatable bonds is 2. The lowest BCUT2D eigenvalue weighted by molar-refractivity contribution is 0.219. The SMILES string of the molecule is Cc1c(Cl)cccc1S(=O)(=O)N1CCCC2(CCc3cnc(N)nc32)C1. The summed E-state index contributed by atoms with van der Waals surface area (Å²) in [5.41, 5.74) is 8.12. The van der Waals surface area contributed by atoms with Crippen LogP contribution in [-0.2, 0) is 21.9 Å². The Morgan fingerprint density at radius 3 is 2.92 bits per heavy atom. The van der Waals surface area contributed by atoms with E-state index < -0.39 is 10.0 Å². The molecule has 1 fully saturated rings. The molecule has 6 nitrogen and oxygen atoms in total. The summed E-state index contributed by atoms with van der Waals surface area (Å²) >= 11 is 6.15. The zero-order valence-corrected chi connectivity index (χ0v) is 16.1. The van der Waals surface area contributed by atoms with E-state index in [9.17, 15) is 8.42 Å². The van der Waals surface area contributed by atoms with Crippen molar-refractivity contribution in [3.63, 3.8) is 0 Å². The number of nitrogens with zero attached hydrogens (tertiary/aromatic N) is 3. The van der Waals surface area contributed by atoms with Crippen LogP contribution in [-0.4, -0.2) is 35.8 Å². The molecule has 2 N–H and O–H groups in total. The van der Waals surface area contributed by atoms with Crippen LogP contribution in [0, 0.1) is 6.92 Å². The van der Waals surface area contributed by atoms with Gasteiger partial charge in [0.15, 0.2) is 0 Å². The largest absolute Gasteiger partial charge is 0.368 e. The van der Waals surface area contributed by atoms with Crippen LogP contribution in [0.5, 0.6) is 0 Å². The number of benzene rings is 1. The molecular formula is C18H21ClN4O2S. The Balaban J connectivity index is 1.73. The minimum absolute atomic E-state index is 0.246. The number of halogens is 1. The fraction of sp³-hybridized carbons (Fsp3) is 0.444. The van der Waals surface area contributed by atoms with Crippen LogP contribution in [0.3, 0.4) is 0 Å². The van der Waals surface area contributed by atoms with Gasteiger partial charge >= 0.3 is 0 Å². The number of fused-ring (bicyclic) bond motifs is 2. The maximum Gasteiger partial charge on any atom is 0.243 e. The molecule has 26 heavy (non-hydrogen) atoms. The summed E-state index contributed by atoms with van der Waals surface area (Å²) < 4.78 is 28.2. The summed E-state index contributed by atoms with van der Waals surface area (Å²) in [6.45, 7) is 2.67. The summed E-state index contributed by atoms with van der Waals surface area (Å²) in [6, 6.07) is 5.02. The Morgan fingerprint density at radius 2 is 2.12 bits per heavy atom. The lowest BCUT2D eigenvalue weighted by Crippen LogP contribution is -2.48. The van der Waals surface area contributed by atoms with Crippen LogP contribution in [0.15, 0.2) is 29.3 Å². The molecule has 0 bridgehead atoms. The van der Waals surface area contributed by atoms with E-state index in [1.165, 1.54) is 0 Å². The zero-order chi connectivity index (χ0) is 18.5. The first-order valence-electron chi connectivity index (χ1n) is 8.71. The van der Waals surface area contributed by atoms with Gasteiger partial charge in [-0.05, 0) is 55.9 Å². The highest BCUT2D eigenvalue weighted by atomic mass is 35.5. The van der Waals surface area contributed by atoms with Gasteiger partial charge in [0.1, 0.15) is 0 Å². The highest BCUT2D eigenvalue weighted by molar-refractivity contribution is 7.89. The summed E-state index contributed by atoms with van der Waals surface area (Å²) in [4.78, 5) is 8.84. The van der Waals surface area contributed by atoms with Crippen molar-refractivity contribution in [1.82, 2.24) is 14.3 Å². The lowest BCUT2D eigenvalue weighted by Gasteiger charge is -2.39. The van der Waals surface area contributed by atoms with Crippen LogP contribution < -0.4 is 5.73 Å². The van der Waals surface area contributed by atoms with Crippen molar-refractivity contribution < 1.29 is 8.42 Å². The molecule has 0 amide bonds. The van der Waals surface area contributed by atoms with Gasteiger partial charge in [-0.1, -0.05) is 17.7 Å². The maximum absolute atomic E-state index is 13.3. The molecule has 1 unspecified atom stereocenters. The average Bonchev–Trinajstić information content (AvgIpc) is 2.95. The first-order valence-corrected chi connectivity index (χ1v) is 10.5. The second-order valence-corrected chi connectivity index (χ2v) is 9.50. The molecule has 1 aromatic carbocycles. The molecule has 0 radical (unpaired) electrons. The molecule has 0 saturated carbocycles. The van der Waals surface area contributed by atoms with Gasteiger partial charge in [0.2, 0.25) is 16.0 Å². The molecule has 138 valence electrons. The number of anilines is 1. The second kappa shape index (κ2) is 6.18. The molecule has 1 aliphatic carbocycles. The van der Waals surface area contributed by atoms with E-state index in [0.717, 1.165) is 36.9 Å². The fourth-order valence-corrected chi connectivity index (χ4v) is 6.30. The normalized spacial score (nSPS) is 23.3. The third-order valence-electron chi connectivity index (χ3n) is 5.64. The number of nitrogens with two attached hydrogens (primary N) is 1. The predicted octanol–water partition coefficient (Wildman–Crippen LogP) is 2.69. The molecule has 1 aliphatic heterocycles. The third kappa shape index (κ3) is 2.69. The lowest BCUT2D eigenvalue weighted by atomic mass is 9.78. The van der Waals surface area contributed by atoms with Crippen molar-refractivity contribution in [2.45, 2.75) is 42.9 Å². The van der Waals surface area contributed by atoms with Gasteiger partial charge in [0.25, 0.3) is 0 Å². The molecule has 1 atom stereocenters. The van der Waals surface area contributed by atoms with Crippen molar-refractivity contribution in [2.24, 2.45) is 0 Å². The van der Waals surface area contributed by atoms with Crippen molar-refractivity contribution in [2.75, 3.05) is 18.8 Å². The summed E-state index contributed by atoms with van der Waals surface area (Å²) in [6.07, 6.45) is 5.22. The number of piperidine rings is 1. The summed E-state index contributed by atoms with van der Waals surface area (Å²) in [5, 5.41) is 0.463. The van der Waals surface area contributed by atoms with E-state index in [1.807, 2.05) is 0 Å². The molecule has 2 aliphatic rings. The van der Waals surface area contributed by atoms with Crippen LogP contribution in [0.4, 0.5) is 5.95 Å². The zero-order valence-electron chi connectivity index (χ0n) is 14.6. The maximum atomic E-state index is 13.3. The molecule has 2 aromatic rings. The van der Waals surface area contributed by atoms with Gasteiger partial charge in [0.05, 0.1) is 10.6 Å².